The number of nitrogens with zero attached hydrogens (tertiary/aromatic N) is 3. The van der Waals surface area contributed by atoms with Gasteiger partial charge < -0.3 is 10.3 Å². The number of anilines is 2. The van der Waals surface area contributed by atoms with Crippen LogP contribution in [0.5, 0.6) is 0 Å². The maximum absolute atomic E-state index is 5.38. The summed E-state index contributed by atoms with van der Waals surface area (Å²) < 4.78 is 0. The van der Waals surface area contributed by atoms with E-state index < -0.39 is 0 Å². The second-order valence-corrected chi connectivity index (χ2v) is 4.18. The fourth-order valence-corrected chi connectivity index (χ4v) is 1.73. The molecule has 0 aliphatic heterocycles. The SMILES string of the molecule is Cc1cc(NN)nc(N(C)Cc2ccccc2)n1. The van der Waals surface area contributed by atoms with Gasteiger partial charge in [-0.15, -0.1) is 0 Å². The van der Waals surface area contributed by atoms with Crippen molar-refractivity contribution in [3.63, 3.8) is 0 Å². The fraction of sp³-hybridized carbons (Fsp3) is 0.231. The molecule has 0 spiro atoms. The molecule has 0 fully saturated rings. The molecule has 5 heteroatoms. The molecule has 0 saturated carbocycles. The lowest BCUT2D eigenvalue weighted by Crippen LogP contribution is -2.20. The van der Waals surface area contributed by atoms with E-state index in [4.69, 9.17) is 5.84 Å². The number of nitrogens with two attached hydrogens (primary N) is 1. The molecule has 3 N–H and O–H groups in total. The van der Waals surface area contributed by atoms with E-state index in [1.807, 2.05) is 37.1 Å². The van der Waals surface area contributed by atoms with E-state index in [1.54, 1.807) is 6.07 Å². The van der Waals surface area contributed by atoms with E-state index in [2.05, 4.69) is 27.5 Å². The largest absolute Gasteiger partial charge is 0.339 e. The molecule has 0 aliphatic rings. The molecule has 0 saturated heterocycles. The van der Waals surface area contributed by atoms with Crippen LogP contribution in [0.2, 0.25) is 0 Å². The van der Waals surface area contributed by atoms with Crippen molar-refractivity contribution in [1.82, 2.24) is 9.97 Å². The molecule has 0 aliphatic carbocycles. The highest BCUT2D eigenvalue weighted by Gasteiger charge is 2.07. The summed E-state index contributed by atoms with van der Waals surface area (Å²) in [5.41, 5.74) is 4.65. The summed E-state index contributed by atoms with van der Waals surface area (Å²) >= 11 is 0. The molecular weight excluding hydrogens is 226 g/mol. The monoisotopic (exact) mass is 243 g/mol. The van der Waals surface area contributed by atoms with Gasteiger partial charge in [0.05, 0.1) is 0 Å². The van der Waals surface area contributed by atoms with E-state index in [0.29, 0.717) is 11.8 Å². The molecule has 94 valence electrons. The van der Waals surface area contributed by atoms with Crippen molar-refractivity contribution in [1.29, 1.82) is 0 Å². The lowest BCUT2D eigenvalue weighted by Gasteiger charge is -2.18. The Morgan fingerprint density at radius 2 is 1.94 bits per heavy atom. The Labute approximate surface area is 107 Å². The second-order valence-electron chi connectivity index (χ2n) is 4.18. The van der Waals surface area contributed by atoms with Crippen molar-refractivity contribution in [3.8, 4) is 0 Å². The minimum atomic E-state index is 0.623. The van der Waals surface area contributed by atoms with E-state index in [-0.39, 0.29) is 0 Å². The highest BCUT2D eigenvalue weighted by Crippen LogP contribution is 2.14. The summed E-state index contributed by atoms with van der Waals surface area (Å²) in [6.45, 7) is 2.68. The van der Waals surface area contributed by atoms with E-state index in [9.17, 15) is 0 Å². The zero-order valence-electron chi connectivity index (χ0n) is 10.6. The van der Waals surface area contributed by atoms with Gasteiger partial charge >= 0.3 is 0 Å². The van der Waals surface area contributed by atoms with Gasteiger partial charge in [-0.2, -0.15) is 4.98 Å². The quantitative estimate of drug-likeness (QED) is 0.632. The van der Waals surface area contributed by atoms with Crippen LogP contribution in [0, 0.1) is 6.92 Å². The van der Waals surface area contributed by atoms with Crippen LogP contribution in [0.3, 0.4) is 0 Å². The lowest BCUT2D eigenvalue weighted by atomic mass is 10.2. The predicted molar refractivity (Wildman–Crippen MR) is 73.1 cm³/mol. The van der Waals surface area contributed by atoms with Crippen LogP contribution in [0.25, 0.3) is 0 Å². The van der Waals surface area contributed by atoms with Crippen LogP contribution < -0.4 is 16.2 Å². The normalized spacial score (nSPS) is 10.2. The molecule has 1 heterocycles. The van der Waals surface area contributed by atoms with Crippen LogP contribution >= 0.6 is 0 Å². The molecule has 1 aromatic heterocycles. The van der Waals surface area contributed by atoms with Crippen LogP contribution in [0.1, 0.15) is 11.3 Å². The maximum atomic E-state index is 5.38. The average molecular weight is 243 g/mol. The summed E-state index contributed by atoms with van der Waals surface area (Å²) in [4.78, 5) is 10.7. The molecule has 5 nitrogen and oxygen atoms in total. The Morgan fingerprint density at radius 1 is 1.22 bits per heavy atom. The first-order valence-corrected chi connectivity index (χ1v) is 5.76. The fourth-order valence-electron chi connectivity index (χ4n) is 1.73. The Hall–Kier alpha value is -2.14. The van der Waals surface area contributed by atoms with Gasteiger partial charge in [0.2, 0.25) is 5.95 Å². The number of hydrogen-bond acceptors (Lipinski definition) is 5. The number of aromatic nitrogens is 2. The number of nitrogens with one attached hydrogen (secondary N) is 1. The van der Waals surface area contributed by atoms with E-state index >= 15 is 0 Å². The second kappa shape index (κ2) is 5.46. The van der Waals surface area contributed by atoms with Gasteiger partial charge in [0.25, 0.3) is 0 Å². The van der Waals surface area contributed by atoms with Gasteiger partial charge in [-0.05, 0) is 12.5 Å². The first kappa shape index (κ1) is 12.3. The predicted octanol–water partition coefficient (Wildman–Crippen LogP) is 1.71. The standard InChI is InChI=1S/C13H17N5/c1-10-8-12(17-14)16-13(15-10)18(2)9-11-6-4-3-5-7-11/h3-8H,9,14H2,1-2H3,(H,15,16,17). The van der Waals surface area contributed by atoms with Gasteiger partial charge in [-0.25, -0.2) is 10.8 Å². The smallest absolute Gasteiger partial charge is 0.227 e. The molecule has 18 heavy (non-hydrogen) atoms. The molecule has 2 aromatic rings. The van der Waals surface area contributed by atoms with Crippen molar-refractivity contribution in [3.05, 3.63) is 47.7 Å². The van der Waals surface area contributed by atoms with Crippen LogP contribution in [0.15, 0.2) is 36.4 Å². The number of hydrazine groups is 1. The Morgan fingerprint density at radius 3 is 2.61 bits per heavy atom. The summed E-state index contributed by atoms with van der Waals surface area (Å²) in [5, 5.41) is 0. The highest BCUT2D eigenvalue weighted by atomic mass is 15.3. The van der Waals surface area contributed by atoms with Gasteiger partial charge in [0, 0.05) is 25.4 Å². The number of rotatable bonds is 4. The van der Waals surface area contributed by atoms with E-state index in [0.717, 1.165) is 12.2 Å². The van der Waals surface area contributed by atoms with Crippen LogP contribution in [-0.4, -0.2) is 17.0 Å². The summed E-state index contributed by atoms with van der Waals surface area (Å²) in [7, 11) is 1.96. The zero-order chi connectivity index (χ0) is 13.0. The molecule has 0 unspecified atom stereocenters. The van der Waals surface area contributed by atoms with Crippen molar-refractivity contribution in [2.45, 2.75) is 13.5 Å². The third kappa shape index (κ3) is 2.95. The topological polar surface area (TPSA) is 67.1 Å². The van der Waals surface area contributed by atoms with Crippen molar-refractivity contribution in [2.24, 2.45) is 5.84 Å². The minimum Gasteiger partial charge on any atom is -0.339 e. The number of aryl methyl sites for hydroxylation is 1. The number of benzene rings is 1. The third-order valence-electron chi connectivity index (χ3n) is 2.59. The average Bonchev–Trinajstić information content (AvgIpc) is 2.39. The lowest BCUT2D eigenvalue weighted by molar-refractivity contribution is 0.860. The number of hydrogen-bond donors (Lipinski definition) is 2. The first-order chi connectivity index (χ1) is 8.69. The molecule has 0 radical (unpaired) electrons. The molecular formula is C13H17N5. The van der Waals surface area contributed by atoms with Gasteiger partial charge in [-0.3, -0.25) is 0 Å². The Bertz CT molecular complexity index is 512. The Balaban J connectivity index is 2.18. The summed E-state index contributed by atoms with van der Waals surface area (Å²) in [5.74, 6) is 6.66. The summed E-state index contributed by atoms with van der Waals surface area (Å²) in [6, 6.07) is 12.0. The number of nitrogen functional groups attached to an aromatic ring is 1. The van der Waals surface area contributed by atoms with Crippen LogP contribution in [-0.2, 0) is 6.54 Å². The molecule has 2 rings (SSSR count). The summed E-state index contributed by atoms with van der Waals surface area (Å²) in [6.07, 6.45) is 0. The molecule has 0 bridgehead atoms. The zero-order valence-corrected chi connectivity index (χ0v) is 10.6. The van der Waals surface area contributed by atoms with Gasteiger partial charge in [0.1, 0.15) is 5.82 Å². The maximum Gasteiger partial charge on any atom is 0.227 e. The van der Waals surface area contributed by atoms with E-state index in [1.165, 1.54) is 5.56 Å². The van der Waals surface area contributed by atoms with Crippen molar-refractivity contribution in [2.75, 3.05) is 17.4 Å². The van der Waals surface area contributed by atoms with Crippen molar-refractivity contribution < 1.29 is 0 Å². The molecule has 0 amide bonds. The molecule has 1 aromatic carbocycles. The van der Waals surface area contributed by atoms with Crippen LogP contribution in [0.4, 0.5) is 11.8 Å². The van der Waals surface area contributed by atoms with Crippen molar-refractivity contribution >= 4 is 11.8 Å². The van der Waals surface area contributed by atoms with Gasteiger partial charge in [0.15, 0.2) is 0 Å². The van der Waals surface area contributed by atoms with Gasteiger partial charge in [-0.1, -0.05) is 30.3 Å². The minimum absolute atomic E-state index is 0.623. The highest BCUT2D eigenvalue weighted by molar-refractivity contribution is 5.42. The third-order valence-corrected chi connectivity index (χ3v) is 2.59. The Kier molecular flexibility index (Phi) is 3.74. The first-order valence-electron chi connectivity index (χ1n) is 5.76. The molecule has 0 atom stereocenters.